The molecule has 0 aromatic heterocycles. The number of phenols is 1. The van der Waals surface area contributed by atoms with Crippen molar-refractivity contribution in [1.29, 1.82) is 0 Å². The first kappa shape index (κ1) is 17.3. The van der Waals surface area contributed by atoms with E-state index < -0.39 is 6.36 Å². The fourth-order valence-corrected chi connectivity index (χ4v) is 2.88. The average Bonchev–Trinajstić information content (AvgIpc) is 2.57. The molecule has 1 atom stereocenters. The maximum Gasteiger partial charge on any atom is 0.573 e. The van der Waals surface area contributed by atoms with E-state index in [1.165, 1.54) is 24.3 Å². The third kappa shape index (κ3) is 4.49. The second kappa shape index (κ2) is 7.13. The zero-order valence-electron chi connectivity index (χ0n) is 13.4. The molecule has 4 nitrogen and oxygen atoms in total. The van der Waals surface area contributed by atoms with Gasteiger partial charge in [-0.15, -0.1) is 13.2 Å². The van der Waals surface area contributed by atoms with Gasteiger partial charge in [-0.2, -0.15) is 0 Å². The van der Waals surface area contributed by atoms with Gasteiger partial charge in [0, 0.05) is 13.0 Å². The zero-order valence-corrected chi connectivity index (χ0v) is 13.4. The number of rotatable bonds is 4. The van der Waals surface area contributed by atoms with Crippen LogP contribution >= 0.6 is 0 Å². The van der Waals surface area contributed by atoms with Crippen LogP contribution < -0.4 is 14.4 Å². The Bertz CT molecular complexity index is 703. The van der Waals surface area contributed by atoms with E-state index in [0.717, 1.165) is 25.8 Å². The molecule has 1 aliphatic rings. The highest BCUT2D eigenvalue weighted by Gasteiger charge is 2.31. The molecule has 3 rings (SSSR count). The zero-order chi connectivity index (χ0) is 17.9. The van der Waals surface area contributed by atoms with E-state index in [1.807, 2.05) is 17.0 Å². The first-order chi connectivity index (χ1) is 11.9. The Labute approximate surface area is 143 Å². The lowest BCUT2D eigenvalue weighted by Crippen LogP contribution is -2.43. The Morgan fingerprint density at radius 2 is 1.64 bits per heavy atom. The first-order valence-electron chi connectivity index (χ1n) is 7.99. The van der Waals surface area contributed by atoms with Crippen LogP contribution in [0.1, 0.15) is 19.3 Å². The molecule has 1 unspecified atom stereocenters. The molecule has 0 radical (unpaired) electrons. The Morgan fingerprint density at radius 3 is 2.32 bits per heavy atom. The molecule has 1 saturated heterocycles. The number of anilines is 1. The second-order valence-corrected chi connectivity index (χ2v) is 5.77. The van der Waals surface area contributed by atoms with E-state index in [1.54, 1.807) is 12.1 Å². The van der Waals surface area contributed by atoms with Crippen molar-refractivity contribution in [2.75, 3.05) is 11.4 Å². The van der Waals surface area contributed by atoms with E-state index in [0.29, 0.717) is 11.4 Å². The SMILES string of the molecule is Oc1ccccc1N1CCCCC1Oc1ccc(OC(F)(F)F)cc1. The van der Waals surface area contributed by atoms with Crippen LogP contribution in [0.3, 0.4) is 0 Å². The number of benzene rings is 2. The highest BCUT2D eigenvalue weighted by atomic mass is 19.4. The average molecular weight is 353 g/mol. The summed E-state index contributed by atoms with van der Waals surface area (Å²) < 4.78 is 46.4. The van der Waals surface area contributed by atoms with Crippen LogP contribution in [-0.4, -0.2) is 24.2 Å². The third-order valence-electron chi connectivity index (χ3n) is 3.97. The van der Waals surface area contributed by atoms with Gasteiger partial charge in [0.15, 0.2) is 6.23 Å². The number of hydrogen-bond donors (Lipinski definition) is 1. The fraction of sp³-hybridized carbons (Fsp3) is 0.333. The number of ether oxygens (including phenoxy) is 2. The van der Waals surface area contributed by atoms with Crippen LogP contribution in [0.25, 0.3) is 0 Å². The summed E-state index contributed by atoms with van der Waals surface area (Å²) in [6, 6.07) is 12.3. The minimum atomic E-state index is -4.71. The van der Waals surface area contributed by atoms with Crippen molar-refractivity contribution in [3.8, 4) is 17.2 Å². The maximum absolute atomic E-state index is 12.2. The van der Waals surface area contributed by atoms with Gasteiger partial charge in [-0.1, -0.05) is 12.1 Å². The van der Waals surface area contributed by atoms with Crippen LogP contribution in [0.5, 0.6) is 17.2 Å². The Balaban J connectivity index is 1.73. The molecule has 0 aliphatic carbocycles. The molecule has 134 valence electrons. The standard InChI is InChI=1S/C18H18F3NO3/c19-18(20,21)25-14-10-8-13(9-11-14)24-17-7-3-4-12-22(17)15-5-1-2-6-16(15)23/h1-2,5-6,8-11,17,23H,3-4,7,12H2. The molecule has 0 amide bonds. The summed E-state index contributed by atoms with van der Waals surface area (Å²) in [6.45, 7) is 0.734. The van der Waals surface area contributed by atoms with E-state index in [4.69, 9.17) is 4.74 Å². The van der Waals surface area contributed by atoms with Crippen molar-refractivity contribution < 1.29 is 27.8 Å². The van der Waals surface area contributed by atoms with E-state index in [9.17, 15) is 18.3 Å². The Kier molecular flexibility index (Phi) is 4.92. The lowest BCUT2D eigenvalue weighted by Gasteiger charge is -2.37. The predicted octanol–water partition coefficient (Wildman–Crippen LogP) is 4.69. The van der Waals surface area contributed by atoms with E-state index in [2.05, 4.69) is 4.74 Å². The van der Waals surface area contributed by atoms with Crippen LogP contribution in [0.4, 0.5) is 18.9 Å². The van der Waals surface area contributed by atoms with Gasteiger partial charge in [-0.25, -0.2) is 0 Å². The van der Waals surface area contributed by atoms with Gasteiger partial charge in [0.1, 0.15) is 17.2 Å². The molecule has 0 bridgehead atoms. The quantitative estimate of drug-likeness (QED) is 0.866. The molecule has 1 N–H and O–H groups in total. The van der Waals surface area contributed by atoms with Gasteiger partial charge < -0.3 is 19.5 Å². The maximum atomic E-state index is 12.2. The van der Waals surface area contributed by atoms with Gasteiger partial charge in [-0.05, 0) is 49.2 Å². The fourth-order valence-electron chi connectivity index (χ4n) is 2.88. The minimum absolute atomic E-state index is 0.173. The van der Waals surface area contributed by atoms with Gasteiger partial charge in [0.05, 0.1) is 5.69 Å². The number of para-hydroxylation sites is 2. The van der Waals surface area contributed by atoms with Crippen molar-refractivity contribution in [2.24, 2.45) is 0 Å². The number of aromatic hydroxyl groups is 1. The summed E-state index contributed by atoms with van der Waals surface area (Å²) in [7, 11) is 0. The molecule has 7 heteroatoms. The monoisotopic (exact) mass is 353 g/mol. The molecule has 25 heavy (non-hydrogen) atoms. The number of phenolic OH excluding ortho intramolecular Hbond substituents is 1. The van der Waals surface area contributed by atoms with E-state index in [-0.39, 0.29) is 17.7 Å². The predicted molar refractivity (Wildman–Crippen MR) is 86.8 cm³/mol. The number of halogens is 3. The second-order valence-electron chi connectivity index (χ2n) is 5.77. The Hall–Kier alpha value is -2.57. The highest BCUT2D eigenvalue weighted by Crippen LogP contribution is 2.33. The number of piperidine rings is 1. The molecular formula is C18H18F3NO3. The van der Waals surface area contributed by atoms with Crippen LogP contribution in [0.15, 0.2) is 48.5 Å². The molecule has 1 heterocycles. The van der Waals surface area contributed by atoms with Gasteiger partial charge >= 0.3 is 6.36 Å². The molecule has 0 saturated carbocycles. The minimum Gasteiger partial charge on any atom is -0.506 e. The number of alkyl halides is 3. The van der Waals surface area contributed by atoms with Crippen molar-refractivity contribution in [3.63, 3.8) is 0 Å². The summed E-state index contributed by atoms with van der Waals surface area (Å²) in [6.07, 6.45) is -2.30. The smallest absolute Gasteiger partial charge is 0.506 e. The topological polar surface area (TPSA) is 41.9 Å². The Morgan fingerprint density at radius 1 is 0.960 bits per heavy atom. The summed E-state index contributed by atoms with van der Waals surface area (Å²) in [4.78, 5) is 1.97. The van der Waals surface area contributed by atoms with Crippen LogP contribution in [0, 0.1) is 0 Å². The van der Waals surface area contributed by atoms with Crippen molar-refractivity contribution in [1.82, 2.24) is 0 Å². The van der Waals surface area contributed by atoms with Crippen LogP contribution in [0.2, 0.25) is 0 Å². The van der Waals surface area contributed by atoms with Crippen molar-refractivity contribution >= 4 is 5.69 Å². The van der Waals surface area contributed by atoms with Gasteiger partial charge in [-0.3, -0.25) is 0 Å². The molecule has 0 spiro atoms. The van der Waals surface area contributed by atoms with Crippen molar-refractivity contribution in [2.45, 2.75) is 31.9 Å². The van der Waals surface area contributed by atoms with Gasteiger partial charge in [0.25, 0.3) is 0 Å². The van der Waals surface area contributed by atoms with E-state index >= 15 is 0 Å². The molecule has 1 aliphatic heterocycles. The molecule has 1 fully saturated rings. The molecule has 2 aromatic carbocycles. The number of hydrogen-bond acceptors (Lipinski definition) is 4. The third-order valence-corrected chi connectivity index (χ3v) is 3.97. The largest absolute Gasteiger partial charge is 0.573 e. The summed E-state index contributed by atoms with van der Waals surface area (Å²) in [5.74, 6) is 0.329. The highest BCUT2D eigenvalue weighted by molar-refractivity contribution is 5.58. The first-order valence-corrected chi connectivity index (χ1v) is 7.99. The van der Waals surface area contributed by atoms with Crippen LogP contribution in [-0.2, 0) is 0 Å². The lowest BCUT2D eigenvalue weighted by atomic mass is 10.1. The molecule has 2 aromatic rings. The summed E-state index contributed by atoms with van der Waals surface area (Å²) in [5.41, 5.74) is 0.684. The number of nitrogens with zero attached hydrogens (tertiary/aromatic N) is 1. The van der Waals surface area contributed by atoms with Crippen molar-refractivity contribution in [3.05, 3.63) is 48.5 Å². The molecular weight excluding hydrogens is 335 g/mol. The summed E-state index contributed by atoms with van der Waals surface area (Å²) >= 11 is 0. The summed E-state index contributed by atoms with van der Waals surface area (Å²) in [5, 5.41) is 10.1. The normalized spacial score (nSPS) is 18.0. The lowest BCUT2D eigenvalue weighted by molar-refractivity contribution is -0.274. The van der Waals surface area contributed by atoms with Gasteiger partial charge in [0.2, 0.25) is 0 Å².